The molecule has 6 heteroatoms. The van der Waals surface area contributed by atoms with Gasteiger partial charge in [0.15, 0.2) is 0 Å². The van der Waals surface area contributed by atoms with Crippen molar-refractivity contribution in [3.8, 4) is 0 Å². The molecule has 0 aliphatic heterocycles. The maximum absolute atomic E-state index is 13.5. The summed E-state index contributed by atoms with van der Waals surface area (Å²) in [5.41, 5.74) is 0.345. The highest BCUT2D eigenvalue weighted by Gasteiger charge is 2.17. The lowest BCUT2D eigenvalue weighted by Gasteiger charge is -2.07. The van der Waals surface area contributed by atoms with Gasteiger partial charge in [-0.3, -0.25) is 0 Å². The number of nitrogens with zero attached hydrogens (tertiary/aromatic N) is 1. The molecule has 4 nitrogen and oxygen atoms in total. The van der Waals surface area contributed by atoms with E-state index >= 15 is 0 Å². The summed E-state index contributed by atoms with van der Waals surface area (Å²) in [5.74, 6) is -2.04. The summed E-state index contributed by atoms with van der Waals surface area (Å²) >= 11 is 1.77. The Bertz CT molecular complexity index is 567. The van der Waals surface area contributed by atoms with Crippen molar-refractivity contribution in [3.63, 3.8) is 0 Å². The van der Waals surface area contributed by atoms with Crippen molar-refractivity contribution >= 4 is 40.1 Å². The molecule has 0 aliphatic carbocycles. The van der Waals surface area contributed by atoms with Gasteiger partial charge in [-0.25, -0.2) is 9.78 Å². The summed E-state index contributed by atoms with van der Waals surface area (Å²) in [6.07, 6.45) is 0. The Morgan fingerprint density at radius 3 is 2.56 bits per heavy atom. The van der Waals surface area contributed by atoms with E-state index in [1.165, 1.54) is 6.07 Å². The van der Waals surface area contributed by atoms with Crippen molar-refractivity contribution < 1.29 is 14.3 Å². The van der Waals surface area contributed by atoms with Crippen LogP contribution in [0.3, 0.4) is 0 Å². The molecule has 0 unspecified atom stereocenters. The second kappa shape index (κ2) is 5.30. The third-order valence-corrected chi connectivity index (χ3v) is 3.04. The lowest BCUT2D eigenvalue weighted by atomic mass is 10.2. The number of hydrogen-bond acceptors (Lipinski definition) is 3. The molecule has 0 spiro atoms. The van der Waals surface area contributed by atoms with Crippen LogP contribution < -0.4 is 5.32 Å². The second-order valence-electron chi connectivity index (χ2n) is 3.45. The molecular weight excluding hydrogens is 350 g/mol. The molecule has 0 aliphatic rings. The van der Waals surface area contributed by atoms with Crippen LogP contribution in [-0.4, -0.2) is 16.1 Å². The molecule has 1 heterocycles. The average Bonchev–Trinajstić information content (AvgIpc) is 2.28. The van der Waals surface area contributed by atoms with Crippen molar-refractivity contribution in [2.24, 2.45) is 0 Å². The molecule has 0 bridgehead atoms. The number of benzene rings is 1. The van der Waals surface area contributed by atoms with Crippen molar-refractivity contribution in [2.45, 2.75) is 0 Å². The molecule has 2 rings (SSSR count). The first kappa shape index (κ1) is 12.7. The first-order valence-electron chi connectivity index (χ1n) is 4.99. The molecule has 1 aromatic carbocycles. The van der Waals surface area contributed by atoms with Crippen molar-refractivity contribution in [2.75, 3.05) is 5.32 Å². The first-order valence-corrected chi connectivity index (χ1v) is 6.07. The standard InChI is InChI=1S/C12H8FIN2O2/c13-11-10(12(17)18)8(14)6-9(16-11)15-7-4-2-1-3-5-7/h1-6H,(H,15,16)(H,17,18). The van der Waals surface area contributed by atoms with E-state index in [9.17, 15) is 9.18 Å². The third kappa shape index (κ3) is 2.76. The quantitative estimate of drug-likeness (QED) is 0.653. The minimum Gasteiger partial charge on any atom is -0.477 e. The van der Waals surface area contributed by atoms with Crippen molar-refractivity contribution in [3.05, 3.63) is 51.5 Å². The van der Waals surface area contributed by atoms with E-state index < -0.39 is 17.5 Å². The smallest absolute Gasteiger partial charge is 0.341 e. The van der Waals surface area contributed by atoms with Crippen LogP contribution in [-0.2, 0) is 0 Å². The largest absolute Gasteiger partial charge is 0.477 e. The number of carbonyl (C=O) groups is 1. The third-order valence-electron chi connectivity index (χ3n) is 2.19. The van der Waals surface area contributed by atoms with Gasteiger partial charge in [-0.15, -0.1) is 0 Å². The Kier molecular flexibility index (Phi) is 3.75. The van der Waals surface area contributed by atoms with Gasteiger partial charge in [-0.2, -0.15) is 4.39 Å². The zero-order valence-corrected chi connectivity index (χ0v) is 11.2. The number of nitrogens with one attached hydrogen (secondary N) is 1. The van der Waals surface area contributed by atoms with Gasteiger partial charge in [0.1, 0.15) is 11.4 Å². The van der Waals surface area contributed by atoms with Crippen LogP contribution in [0.4, 0.5) is 15.9 Å². The van der Waals surface area contributed by atoms with Crippen molar-refractivity contribution in [1.82, 2.24) is 4.98 Å². The predicted molar refractivity (Wildman–Crippen MR) is 73.6 cm³/mol. The minimum absolute atomic E-state index is 0.271. The molecule has 0 atom stereocenters. The molecule has 2 aromatic rings. The van der Waals surface area contributed by atoms with Crippen LogP contribution in [0.2, 0.25) is 0 Å². The molecule has 92 valence electrons. The Labute approximate surface area is 116 Å². The fourth-order valence-corrected chi connectivity index (χ4v) is 2.16. The number of carboxylic acids is 1. The second-order valence-corrected chi connectivity index (χ2v) is 4.61. The molecule has 0 amide bonds. The van der Waals surface area contributed by atoms with Crippen molar-refractivity contribution in [1.29, 1.82) is 0 Å². The van der Waals surface area contributed by atoms with E-state index in [0.717, 1.165) is 5.69 Å². The number of aromatic nitrogens is 1. The Morgan fingerprint density at radius 2 is 2.00 bits per heavy atom. The van der Waals surface area contributed by atoms with E-state index in [2.05, 4.69) is 10.3 Å². The molecule has 0 radical (unpaired) electrons. The van der Waals surface area contributed by atoms with Gasteiger partial charge in [0.25, 0.3) is 0 Å². The number of hydrogen-bond donors (Lipinski definition) is 2. The van der Waals surface area contributed by atoms with Crippen LogP contribution in [0.25, 0.3) is 0 Å². The minimum atomic E-state index is -1.32. The van der Waals surface area contributed by atoms with Crippen LogP contribution >= 0.6 is 22.6 Å². The number of anilines is 2. The lowest BCUT2D eigenvalue weighted by molar-refractivity contribution is 0.0689. The summed E-state index contributed by atoms with van der Waals surface area (Å²) < 4.78 is 13.8. The van der Waals surface area contributed by atoms with Gasteiger partial charge >= 0.3 is 5.97 Å². The Hall–Kier alpha value is -1.70. The number of para-hydroxylation sites is 1. The zero-order valence-electron chi connectivity index (χ0n) is 9.02. The number of aromatic carboxylic acids is 1. The van der Waals surface area contributed by atoms with E-state index in [-0.39, 0.29) is 5.82 Å². The Balaban J connectivity index is 2.34. The predicted octanol–water partition coefficient (Wildman–Crippen LogP) is 3.27. The van der Waals surface area contributed by atoms with E-state index in [0.29, 0.717) is 3.57 Å². The van der Waals surface area contributed by atoms with Crippen LogP contribution in [0.15, 0.2) is 36.4 Å². The fourth-order valence-electron chi connectivity index (χ4n) is 1.41. The monoisotopic (exact) mass is 358 g/mol. The highest BCUT2D eigenvalue weighted by Crippen LogP contribution is 2.21. The number of carboxylic acid groups (broad SMARTS) is 1. The molecule has 0 saturated carbocycles. The Morgan fingerprint density at radius 1 is 1.33 bits per heavy atom. The SMILES string of the molecule is O=C(O)c1c(I)cc(Nc2ccccc2)nc1F. The van der Waals surface area contributed by atoms with E-state index in [1.807, 2.05) is 18.2 Å². The summed E-state index contributed by atoms with van der Waals surface area (Å²) in [6.45, 7) is 0. The zero-order chi connectivity index (χ0) is 13.1. The number of halogens is 2. The van der Waals surface area contributed by atoms with Gasteiger partial charge < -0.3 is 10.4 Å². The van der Waals surface area contributed by atoms with E-state index in [4.69, 9.17) is 5.11 Å². The summed E-state index contributed by atoms with van der Waals surface area (Å²) in [5, 5.41) is 11.7. The van der Waals surface area contributed by atoms with Crippen LogP contribution in [0.5, 0.6) is 0 Å². The lowest BCUT2D eigenvalue weighted by Crippen LogP contribution is -2.07. The highest BCUT2D eigenvalue weighted by molar-refractivity contribution is 14.1. The van der Waals surface area contributed by atoms with Crippen LogP contribution in [0.1, 0.15) is 10.4 Å². The van der Waals surface area contributed by atoms with Gasteiger partial charge in [0.2, 0.25) is 5.95 Å². The maximum atomic E-state index is 13.5. The van der Waals surface area contributed by atoms with E-state index in [1.54, 1.807) is 34.7 Å². The van der Waals surface area contributed by atoms with Gasteiger partial charge in [0, 0.05) is 9.26 Å². The normalized spacial score (nSPS) is 10.1. The molecule has 2 N–H and O–H groups in total. The maximum Gasteiger partial charge on any atom is 0.341 e. The van der Waals surface area contributed by atoms with Gasteiger partial charge in [0.05, 0.1) is 0 Å². The molecule has 18 heavy (non-hydrogen) atoms. The first-order chi connectivity index (χ1) is 8.58. The van der Waals surface area contributed by atoms with Crippen LogP contribution in [0, 0.1) is 9.52 Å². The molecule has 1 aromatic heterocycles. The highest BCUT2D eigenvalue weighted by atomic mass is 127. The fraction of sp³-hybridized carbons (Fsp3) is 0. The number of pyridine rings is 1. The molecule has 0 saturated heterocycles. The topological polar surface area (TPSA) is 62.2 Å². The van der Waals surface area contributed by atoms with Gasteiger partial charge in [-0.1, -0.05) is 18.2 Å². The molecular formula is C12H8FIN2O2. The van der Waals surface area contributed by atoms with Gasteiger partial charge in [-0.05, 0) is 40.8 Å². The molecule has 0 fully saturated rings. The number of rotatable bonds is 3. The summed E-state index contributed by atoms with van der Waals surface area (Å²) in [4.78, 5) is 14.4. The summed E-state index contributed by atoms with van der Waals surface area (Å²) in [6, 6.07) is 10.6. The average molecular weight is 358 g/mol. The summed E-state index contributed by atoms with van der Waals surface area (Å²) in [7, 11) is 0.